The number of hydrogen-bond donors (Lipinski definition) is 0. The molecule has 1 atom stereocenters. The molecule has 1 aromatic carbocycles. The van der Waals surface area contributed by atoms with Crippen LogP contribution in [0.1, 0.15) is 55.2 Å². The van der Waals surface area contributed by atoms with Gasteiger partial charge in [0, 0.05) is 5.02 Å². The summed E-state index contributed by atoms with van der Waals surface area (Å²) in [6.45, 7) is 6.07. The monoisotopic (exact) mass is 248 g/mol. The summed E-state index contributed by atoms with van der Waals surface area (Å²) in [7, 11) is 0. The molecule has 0 fully saturated rings. The Morgan fingerprint density at radius 3 is 2.53 bits per heavy atom. The van der Waals surface area contributed by atoms with Gasteiger partial charge in [0.15, 0.2) is 0 Å². The Kier molecular flexibility index (Phi) is 4.28. The van der Waals surface area contributed by atoms with Gasteiger partial charge < -0.3 is 0 Å². The summed E-state index contributed by atoms with van der Waals surface area (Å²) in [6.07, 6.45) is 9.22. The van der Waals surface area contributed by atoms with Crippen LogP contribution in [0.3, 0.4) is 0 Å². The molecule has 0 saturated heterocycles. The molecule has 92 valence electrons. The van der Waals surface area contributed by atoms with Crippen molar-refractivity contribution in [1.82, 2.24) is 0 Å². The lowest BCUT2D eigenvalue weighted by Crippen LogP contribution is -2.06. The van der Waals surface area contributed by atoms with Gasteiger partial charge in [-0.05, 0) is 67.2 Å². The number of benzene rings is 1. The van der Waals surface area contributed by atoms with E-state index in [1.165, 1.54) is 42.4 Å². The lowest BCUT2D eigenvalue weighted by Gasteiger charge is -2.21. The smallest absolute Gasteiger partial charge is 0.0443 e. The molecule has 0 spiro atoms. The average Bonchev–Trinajstić information content (AvgIpc) is 2.35. The fourth-order valence-electron chi connectivity index (χ4n) is 2.80. The van der Waals surface area contributed by atoms with Crippen molar-refractivity contribution in [3.05, 3.63) is 46.5 Å². The maximum atomic E-state index is 6.44. The molecule has 1 unspecified atom stereocenters. The Balaban J connectivity index is 2.36. The van der Waals surface area contributed by atoms with E-state index in [1.807, 2.05) is 6.08 Å². The second-order valence-electron chi connectivity index (χ2n) is 4.98. The second kappa shape index (κ2) is 5.73. The number of fused-ring (bicyclic) bond motifs is 1. The minimum Gasteiger partial charge on any atom is -0.103 e. The molecule has 1 aliphatic carbocycles. The molecule has 0 aromatic heterocycles. The van der Waals surface area contributed by atoms with Crippen LogP contribution in [0.2, 0.25) is 5.02 Å². The normalized spacial score (nSPS) is 16.4. The van der Waals surface area contributed by atoms with Crippen molar-refractivity contribution in [2.45, 2.75) is 51.4 Å². The molecule has 1 aromatic rings. The van der Waals surface area contributed by atoms with Crippen molar-refractivity contribution < 1.29 is 0 Å². The fourth-order valence-corrected chi connectivity index (χ4v) is 3.14. The highest BCUT2D eigenvalue weighted by Crippen LogP contribution is 2.34. The van der Waals surface area contributed by atoms with E-state index in [0.29, 0.717) is 5.92 Å². The van der Waals surface area contributed by atoms with Crippen molar-refractivity contribution in [1.29, 1.82) is 0 Å². The number of allylic oxidation sites excluding steroid dienone is 1. The predicted molar refractivity (Wildman–Crippen MR) is 75.9 cm³/mol. The number of hydrogen-bond acceptors (Lipinski definition) is 0. The van der Waals surface area contributed by atoms with Gasteiger partial charge in [-0.2, -0.15) is 0 Å². The molecule has 0 aliphatic heterocycles. The van der Waals surface area contributed by atoms with Gasteiger partial charge in [0.1, 0.15) is 0 Å². The zero-order chi connectivity index (χ0) is 12.3. The number of aryl methyl sites for hydroxylation is 2. The van der Waals surface area contributed by atoms with E-state index in [-0.39, 0.29) is 0 Å². The fraction of sp³-hybridized carbons (Fsp3) is 0.500. The Bertz CT molecular complexity index is 406. The second-order valence-corrected chi connectivity index (χ2v) is 5.39. The van der Waals surface area contributed by atoms with Crippen molar-refractivity contribution in [3.63, 3.8) is 0 Å². The first-order valence-electron chi connectivity index (χ1n) is 6.68. The molecule has 2 rings (SSSR count). The zero-order valence-electron chi connectivity index (χ0n) is 10.6. The van der Waals surface area contributed by atoms with Gasteiger partial charge in [0.25, 0.3) is 0 Å². The number of rotatable bonds is 4. The van der Waals surface area contributed by atoms with E-state index in [2.05, 4.69) is 25.6 Å². The van der Waals surface area contributed by atoms with Gasteiger partial charge >= 0.3 is 0 Å². The number of halogens is 1. The van der Waals surface area contributed by atoms with Crippen LogP contribution in [0.25, 0.3) is 0 Å². The van der Waals surface area contributed by atoms with Crippen molar-refractivity contribution in [2.75, 3.05) is 0 Å². The highest BCUT2D eigenvalue weighted by atomic mass is 35.5. The molecule has 0 N–H and O–H groups in total. The highest BCUT2D eigenvalue weighted by molar-refractivity contribution is 6.31. The van der Waals surface area contributed by atoms with Gasteiger partial charge in [0.2, 0.25) is 0 Å². The lowest BCUT2D eigenvalue weighted by molar-refractivity contribution is 0.659. The van der Waals surface area contributed by atoms with Crippen LogP contribution in [0.15, 0.2) is 24.8 Å². The first kappa shape index (κ1) is 12.7. The van der Waals surface area contributed by atoms with E-state index in [1.54, 1.807) is 0 Å². The maximum absolute atomic E-state index is 6.44. The summed E-state index contributed by atoms with van der Waals surface area (Å²) in [4.78, 5) is 0. The summed E-state index contributed by atoms with van der Waals surface area (Å²) in [6, 6.07) is 4.56. The van der Waals surface area contributed by atoms with E-state index in [0.717, 1.165) is 17.9 Å². The minimum atomic E-state index is 0.534. The summed E-state index contributed by atoms with van der Waals surface area (Å²) >= 11 is 6.44. The van der Waals surface area contributed by atoms with Crippen LogP contribution in [0.4, 0.5) is 0 Å². The van der Waals surface area contributed by atoms with E-state index in [9.17, 15) is 0 Å². The first-order chi connectivity index (χ1) is 8.26. The Hall–Kier alpha value is -0.750. The molecular weight excluding hydrogens is 228 g/mol. The quantitative estimate of drug-likeness (QED) is 0.636. The third-order valence-corrected chi connectivity index (χ3v) is 4.17. The largest absolute Gasteiger partial charge is 0.103 e. The van der Waals surface area contributed by atoms with Crippen LogP contribution in [0.5, 0.6) is 0 Å². The molecular formula is C16H21Cl. The van der Waals surface area contributed by atoms with Gasteiger partial charge in [-0.3, -0.25) is 0 Å². The molecule has 0 heterocycles. The van der Waals surface area contributed by atoms with E-state index >= 15 is 0 Å². The summed E-state index contributed by atoms with van der Waals surface area (Å²) in [5.74, 6) is 0.534. The highest BCUT2D eigenvalue weighted by Gasteiger charge is 2.16. The first-order valence-corrected chi connectivity index (χ1v) is 7.06. The third kappa shape index (κ3) is 2.74. The topological polar surface area (TPSA) is 0 Å². The predicted octanol–water partition coefficient (Wildman–Crippen LogP) is 5.29. The van der Waals surface area contributed by atoms with Crippen LogP contribution >= 0.6 is 11.6 Å². The Labute approximate surface area is 110 Å². The van der Waals surface area contributed by atoms with Gasteiger partial charge in [-0.15, -0.1) is 6.58 Å². The van der Waals surface area contributed by atoms with Crippen LogP contribution in [0, 0.1) is 0 Å². The minimum absolute atomic E-state index is 0.534. The van der Waals surface area contributed by atoms with Crippen molar-refractivity contribution in [2.24, 2.45) is 0 Å². The Morgan fingerprint density at radius 2 is 1.94 bits per heavy atom. The average molecular weight is 249 g/mol. The third-order valence-electron chi connectivity index (χ3n) is 3.84. The van der Waals surface area contributed by atoms with Crippen molar-refractivity contribution in [3.8, 4) is 0 Å². The summed E-state index contributed by atoms with van der Waals surface area (Å²) in [5.41, 5.74) is 4.33. The SMILES string of the molecule is C=CCC(CC)c1cc2c(cc1Cl)CCCC2. The molecule has 0 bridgehead atoms. The molecule has 0 nitrogen and oxygen atoms in total. The summed E-state index contributed by atoms with van der Waals surface area (Å²) < 4.78 is 0. The Morgan fingerprint density at radius 1 is 1.29 bits per heavy atom. The van der Waals surface area contributed by atoms with Gasteiger partial charge in [0.05, 0.1) is 0 Å². The molecule has 0 radical (unpaired) electrons. The molecule has 1 heteroatoms. The van der Waals surface area contributed by atoms with Crippen LogP contribution in [-0.4, -0.2) is 0 Å². The zero-order valence-corrected chi connectivity index (χ0v) is 11.4. The van der Waals surface area contributed by atoms with Crippen molar-refractivity contribution >= 4 is 11.6 Å². The molecule has 1 aliphatic rings. The molecule has 0 saturated carbocycles. The maximum Gasteiger partial charge on any atom is 0.0443 e. The van der Waals surface area contributed by atoms with Crippen LogP contribution in [-0.2, 0) is 12.8 Å². The standard InChI is InChI=1S/C16H21Cl/c1-3-7-12(4-2)15-10-13-8-5-6-9-14(13)11-16(15)17/h3,10-12H,1,4-9H2,2H3. The van der Waals surface area contributed by atoms with Crippen LogP contribution < -0.4 is 0 Å². The van der Waals surface area contributed by atoms with E-state index in [4.69, 9.17) is 11.6 Å². The van der Waals surface area contributed by atoms with Gasteiger partial charge in [-0.25, -0.2) is 0 Å². The molecule has 17 heavy (non-hydrogen) atoms. The lowest BCUT2D eigenvalue weighted by atomic mass is 9.85. The van der Waals surface area contributed by atoms with E-state index < -0.39 is 0 Å². The van der Waals surface area contributed by atoms with Gasteiger partial charge in [-0.1, -0.05) is 30.7 Å². The summed E-state index contributed by atoms with van der Waals surface area (Å²) in [5, 5.41) is 0.958. The molecule has 0 amide bonds.